The quantitative estimate of drug-likeness (QED) is 0.121. The Labute approximate surface area is 522 Å². The molecular formula is C87H57NO2. The van der Waals surface area contributed by atoms with Gasteiger partial charge in [0.25, 0.3) is 0 Å². The number of hydrogen-bond donors (Lipinski definition) is 0. The zero-order valence-corrected chi connectivity index (χ0v) is 49.4. The van der Waals surface area contributed by atoms with Crippen molar-refractivity contribution in [1.82, 2.24) is 4.57 Å². The highest BCUT2D eigenvalue weighted by molar-refractivity contribution is 6.22. The molecule has 422 valence electrons. The van der Waals surface area contributed by atoms with Gasteiger partial charge >= 0.3 is 0 Å². The number of furan rings is 1. The Kier molecular flexibility index (Phi) is 12.8. The molecule has 0 atom stereocenters. The number of nitrogens with zero attached hydrogens (tertiary/aromatic N) is 1. The fourth-order valence-electron chi connectivity index (χ4n) is 13.8. The minimum Gasteiger partial charge on any atom is -0.457 e. The summed E-state index contributed by atoms with van der Waals surface area (Å²) < 4.78 is 16.9. The van der Waals surface area contributed by atoms with Gasteiger partial charge < -0.3 is 13.7 Å². The van der Waals surface area contributed by atoms with Gasteiger partial charge in [0, 0.05) is 44.4 Å². The molecule has 0 radical (unpaired) electrons. The van der Waals surface area contributed by atoms with E-state index in [0.29, 0.717) is 0 Å². The lowest BCUT2D eigenvalue weighted by molar-refractivity contribution is 0.485. The molecule has 0 N–H and O–H groups in total. The normalized spacial score (nSPS) is 11.6. The van der Waals surface area contributed by atoms with Gasteiger partial charge in [-0.2, -0.15) is 0 Å². The van der Waals surface area contributed by atoms with E-state index in [4.69, 9.17) is 9.15 Å². The first-order chi connectivity index (χ1) is 44.5. The van der Waals surface area contributed by atoms with Gasteiger partial charge in [-0.1, -0.05) is 249 Å². The molecule has 0 aliphatic carbocycles. The van der Waals surface area contributed by atoms with Crippen LogP contribution in [0.2, 0.25) is 0 Å². The predicted octanol–water partition coefficient (Wildman–Crippen LogP) is 24.4. The Morgan fingerprint density at radius 1 is 0.267 bits per heavy atom. The number of ether oxygens (including phenoxy) is 1. The minimum atomic E-state index is 0.731. The topological polar surface area (TPSA) is 27.3 Å². The van der Waals surface area contributed by atoms with Gasteiger partial charge in [0.15, 0.2) is 0 Å². The number of hydrogen-bond acceptors (Lipinski definition) is 2. The van der Waals surface area contributed by atoms with E-state index in [2.05, 4.69) is 339 Å². The van der Waals surface area contributed by atoms with Crippen molar-refractivity contribution in [3.8, 4) is 106 Å². The van der Waals surface area contributed by atoms with Crippen molar-refractivity contribution in [3.05, 3.63) is 333 Å². The SMILES string of the molecule is Cc1ccc(-c2ccccc2)cc1-c1cc(-c2ccccc2)ccc1Oc1ccc2c3ccc(-c4cc(-c5ccccc5)cc5c4oc4ccc(-c6ccccc6)cc45)cc3n(-c3ccc4c(-c5ccccc5)c5ccccc5c(-c5ccccc5)c4c3)c2c1. The largest absolute Gasteiger partial charge is 0.457 e. The molecule has 15 aromatic carbocycles. The van der Waals surface area contributed by atoms with E-state index in [1.54, 1.807) is 0 Å². The molecule has 0 aliphatic rings. The van der Waals surface area contributed by atoms with Crippen molar-refractivity contribution in [1.29, 1.82) is 0 Å². The highest BCUT2D eigenvalue weighted by Crippen LogP contribution is 2.48. The maximum atomic E-state index is 7.35. The lowest BCUT2D eigenvalue weighted by Gasteiger charge is -2.19. The molecule has 0 fully saturated rings. The zero-order chi connectivity index (χ0) is 59.7. The zero-order valence-electron chi connectivity index (χ0n) is 49.4. The van der Waals surface area contributed by atoms with Crippen molar-refractivity contribution < 1.29 is 9.15 Å². The van der Waals surface area contributed by atoms with E-state index in [1.165, 1.54) is 54.9 Å². The summed E-state index contributed by atoms with van der Waals surface area (Å²) in [5, 5.41) is 9.17. The summed E-state index contributed by atoms with van der Waals surface area (Å²) in [5.41, 5.74) is 24.1. The lowest BCUT2D eigenvalue weighted by Crippen LogP contribution is -1.97. The van der Waals surface area contributed by atoms with Gasteiger partial charge in [0.2, 0.25) is 0 Å². The van der Waals surface area contributed by atoms with Crippen molar-refractivity contribution >= 4 is 65.3 Å². The highest BCUT2D eigenvalue weighted by Gasteiger charge is 2.23. The lowest BCUT2D eigenvalue weighted by atomic mass is 9.86. The fourth-order valence-corrected chi connectivity index (χ4v) is 13.8. The Morgan fingerprint density at radius 2 is 0.711 bits per heavy atom. The summed E-state index contributed by atoms with van der Waals surface area (Å²) in [6, 6.07) is 118. The Morgan fingerprint density at radius 3 is 1.32 bits per heavy atom. The van der Waals surface area contributed by atoms with Gasteiger partial charge in [-0.25, -0.2) is 0 Å². The van der Waals surface area contributed by atoms with E-state index < -0.39 is 0 Å². The van der Waals surface area contributed by atoms with Crippen LogP contribution in [0, 0.1) is 6.92 Å². The molecule has 17 rings (SSSR count). The average Bonchev–Trinajstić information content (AvgIpc) is 1.26. The molecule has 2 heterocycles. The van der Waals surface area contributed by atoms with Gasteiger partial charge in [0.1, 0.15) is 22.7 Å². The Hall–Kier alpha value is -11.8. The van der Waals surface area contributed by atoms with Crippen LogP contribution in [-0.2, 0) is 0 Å². The first-order valence-electron chi connectivity index (χ1n) is 30.9. The summed E-state index contributed by atoms with van der Waals surface area (Å²) in [6.45, 7) is 2.19. The van der Waals surface area contributed by atoms with Crippen molar-refractivity contribution in [2.24, 2.45) is 0 Å². The first-order valence-corrected chi connectivity index (χ1v) is 30.9. The van der Waals surface area contributed by atoms with Crippen LogP contribution in [0.4, 0.5) is 0 Å². The Bertz CT molecular complexity index is 5600. The number of benzene rings is 15. The summed E-state index contributed by atoms with van der Waals surface area (Å²) in [4.78, 5) is 0. The summed E-state index contributed by atoms with van der Waals surface area (Å²) in [7, 11) is 0. The first kappa shape index (κ1) is 52.5. The number of rotatable bonds is 11. The molecule has 3 nitrogen and oxygen atoms in total. The van der Waals surface area contributed by atoms with E-state index in [0.717, 1.165) is 122 Å². The molecular weight excluding hydrogens is 1090 g/mol. The highest BCUT2D eigenvalue weighted by atomic mass is 16.5. The smallest absolute Gasteiger partial charge is 0.143 e. The Balaban J connectivity index is 0.914. The van der Waals surface area contributed by atoms with Gasteiger partial charge in [0.05, 0.1) is 11.0 Å². The minimum absolute atomic E-state index is 0.731. The third-order valence-corrected chi connectivity index (χ3v) is 18.2. The van der Waals surface area contributed by atoms with Gasteiger partial charge in [-0.3, -0.25) is 0 Å². The third kappa shape index (κ3) is 9.14. The molecule has 0 bridgehead atoms. The van der Waals surface area contributed by atoms with Crippen LogP contribution in [0.25, 0.3) is 160 Å². The van der Waals surface area contributed by atoms with Crippen LogP contribution < -0.4 is 4.74 Å². The van der Waals surface area contributed by atoms with E-state index in [-0.39, 0.29) is 0 Å². The second kappa shape index (κ2) is 21.9. The molecule has 0 spiro atoms. The molecule has 17 aromatic rings. The van der Waals surface area contributed by atoms with E-state index in [9.17, 15) is 0 Å². The molecule has 2 aromatic heterocycles. The third-order valence-electron chi connectivity index (χ3n) is 18.2. The number of fused-ring (bicyclic) bond motifs is 8. The van der Waals surface area contributed by atoms with Crippen LogP contribution in [0.1, 0.15) is 5.56 Å². The van der Waals surface area contributed by atoms with Crippen LogP contribution in [0.3, 0.4) is 0 Å². The molecule has 0 aliphatic heterocycles. The van der Waals surface area contributed by atoms with E-state index >= 15 is 0 Å². The average molecular weight is 1150 g/mol. The van der Waals surface area contributed by atoms with Crippen molar-refractivity contribution in [3.63, 3.8) is 0 Å². The predicted molar refractivity (Wildman–Crippen MR) is 378 cm³/mol. The van der Waals surface area contributed by atoms with Crippen LogP contribution in [0.15, 0.2) is 332 Å². The number of aryl methyl sites for hydroxylation is 1. The monoisotopic (exact) mass is 1150 g/mol. The molecule has 3 heteroatoms. The van der Waals surface area contributed by atoms with Crippen LogP contribution in [0.5, 0.6) is 11.5 Å². The summed E-state index contributed by atoms with van der Waals surface area (Å²) in [5.74, 6) is 1.50. The molecule has 0 saturated carbocycles. The van der Waals surface area contributed by atoms with Crippen molar-refractivity contribution in [2.75, 3.05) is 0 Å². The maximum Gasteiger partial charge on any atom is 0.143 e. The second-order valence-corrected chi connectivity index (χ2v) is 23.5. The van der Waals surface area contributed by atoms with Crippen LogP contribution >= 0.6 is 0 Å². The molecule has 0 saturated heterocycles. The van der Waals surface area contributed by atoms with Gasteiger partial charge in [-0.15, -0.1) is 0 Å². The standard InChI is InChI=1S/C87H57NO2/c1-56-36-37-63(57-22-8-2-9-23-57)48-75(56)77-49-64(58-24-10-3-11-25-58)39-46-83(77)89-69-42-45-71-70-43-38-66(76-51-67(60-28-14-5-15-29-60)52-80-78-50-65(59-26-12-4-13-27-59)40-47-84(78)90-87(76)80)53-81(70)88(82(71)55-69)68-41-44-74-79(54-68)86(62-32-18-7-19-33-62)73-35-21-20-34-72(73)85(74)61-30-16-6-17-31-61/h2-55H,1H3. The summed E-state index contributed by atoms with van der Waals surface area (Å²) >= 11 is 0. The van der Waals surface area contributed by atoms with E-state index in [1.807, 2.05) is 0 Å². The number of aromatic nitrogens is 1. The molecule has 90 heavy (non-hydrogen) atoms. The summed E-state index contributed by atoms with van der Waals surface area (Å²) in [6.07, 6.45) is 0. The van der Waals surface area contributed by atoms with Crippen LogP contribution in [-0.4, -0.2) is 4.57 Å². The molecule has 0 amide bonds. The molecule has 0 unspecified atom stereocenters. The van der Waals surface area contributed by atoms with Crippen molar-refractivity contribution in [2.45, 2.75) is 6.92 Å². The van der Waals surface area contributed by atoms with Gasteiger partial charge in [-0.05, 0) is 185 Å². The fraction of sp³-hybridized carbons (Fsp3) is 0.0115. The maximum absolute atomic E-state index is 7.35. The second-order valence-electron chi connectivity index (χ2n) is 23.5.